The average molecular weight is 268 g/mol. The van der Waals surface area contributed by atoms with E-state index in [9.17, 15) is 13.2 Å². The summed E-state index contributed by atoms with van der Waals surface area (Å²) < 4.78 is 35.5. The van der Waals surface area contributed by atoms with Crippen molar-refractivity contribution in [3.05, 3.63) is 5.32 Å². The Balaban J connectivity index is 0. The summed E-state index contributed by atoms with van der Waals surface area (Å²) in [6.07, 6.45) is -2.97. The van der Waals surface area contributed by atoms with Gasteiger partial charge in [-0.15, -0.1) is 0 Å². The third-order valence-electron chi connectivity index (χ3n) is 1.32. The summed E-state index contributed by atoms with van der Waals surface area (Å²) in [5.41, 5.74) is 0. The van der Waals surface area contributed by atoms with Crippen molar-refractivity contribution in [2.45, 2.75) is 45.8 Å². The molecule has 0 bridgehead atoms. The molecule has 0 aromatic rings. The van der Waals surface area contributed by atoms with Crippen molar-refractivity contribution in [3.8, 4) is 0 Å². The van der Waals surface area contributed by atoms with E-state index in [-0.39, 0.29) is 22.8 Å². The van der Waals surface area contributed by atoms with Crippen molar-refractivity contribution in [3.63, 3.8) is 0 Å². The molecule has 0 atom stereocenters. The number of hydrogen-bond acceptors (Lipinski definition) is 1. The fourth-order valence-corrected chi connectivity index (χ4v) is 0.887. The Hall–Kier alpha value is -0.234. The van der Waals surface area contributed by atoms with E-state index in [1.165, 1.54) is 0 Å². The van der Waals surface area contributed by atoms with E-state index < -0.39 is 12.7 Å². The fraction of sp³-hybridized carbons (Fsp3) is 0.889. The molecule has 0 unspecified atom stereocenters. The van der Waals surface area contributed by atoms with Gasteiger partial charge in [-0.2, -0.15) is 13.2 Å². The third-order valence-corrected chi connectivity index (χ3v) is 1.32. The van der Waals surface area contributed by atoms with Crippen LogP contribution in [-0.2, 0) is 16.8 Å². The SMILES string of the molecule is CCCC(=NC(C)C)[N-]CC(F)(F)F.[Co]. The molecule has 6 heteroatoms. The quantitative estimate of drug-likeness (QED) is 0.551. The van der Waals surface area contributed by atoms with Crippen LogP contribution in [-0.4, -0.2) is 24.6 Å². The van der Waals surface area contributed by atoms with Crippen molar-refractivity contribution >= 4 is 5.84 Å². The van der Waals surface area contributed by atoms with Gasteiger partial charge < -0.3 is 10.3 Å². The van der Waals surface area contributed by atoms with Gasteiger partial charge in [0.25, 0.3) is 0 Å². The Kier molecular flexibility index (Phi) is 9.14. The second-order valence-corrected chi connectivity index (χ2v) is 3.32. The van der Waals surface area contributed by atoms with Crippen LogP contribution in [0.3, 0.4) is 0 Å². The minimum Gasteiger partial charge on any atom is -0.466 e. The summed E-state index contributed by atoms with van der Waals surface area (Å²) in [5.74, 6) is 0.319. The molecule has 15 heavy (non-hydrogen) atoms. The Morgan fingerprint density at radius 3 is 2.20 bits per heavy atom. The van der Waals surface area contributed by atoms with Crippen LogP contribution in [0.25, 0.3) is 5.32 Å². The zero-order chi connectivity index (χ0) is 11.2. The van der Waals surface area contributed by atoms with Gasteiger partial charge in [0, 0.05) is 23.3 Å². The average Bonchev–Trinajstić information content (AvgIpc) is 1.98. The van der Waals surface area contributed by atoms with Gasteiger partial charge in [0.05, 0.1) is 0 Å². The molecule has 0 spiro atoms. The smallest absolute Gasteiger partial charge is 0.388 e. The summed E-state index contributed by atoms with van der Waals surface area (Å²) in [5, 5.41) is 3.45. The Bertz CT molecular complexity index is 190. The van der Waals surface area contributed by atoms with Gasteiger partial charge >= 0.3 is 6.18 Å². The van der Waals surface area contributed by atoms with Crippen LogP contribution in [0.15, 0.2) is 4.99 Å². The molecule has 0 fully saturated rings. The number of amidine groups is 1. The van der Waals surface area contributed by atoms with Gasteiger partial charge in [-0.3, -0.25) is 0 Å². The second-order valence-electron chi connectivity index (χ2n) is 3.32. The fourth-order valence-electron chi connectivity index (χ4n) is 0.887. The Morgan fingerprint density at radius 1 is 1.33 bits per heavy atom. The van der Waals surface area contributed by atoms with Gasteiger partial charge in [0.15, 0.2) is 0 Å². The first-order chi connectivity index (χ1) is 6.35. The molecule has 0 aromatic carbocycles. The van der Waals surface area contributed by atoms with E-state index >= 15 is 0 Å². The van der Waals surface area contributed by atoms with Gasteiger partial charge in [-0.1, -0.05) is 33.0 Å². The summed E-state index contributed by atoms with van der Waals surface area (Å²) >= 11 is 0. The van der Waals surface area contributed by atoms with E-state index in [2.05, 4.69) is 10.3 Å². The standard InChI is InChI=1S/C9H16F3N2.Co/c1-4-5-8(14-7(2)3)13-6-9(10,11)12;/h7H,4-6H2,1-3H3;/q-1;. The molecule has 0 aromatic heterocycles. The van der Waals surface area contributed by atoms with Crippen molar-refractivity contribution in [1.29, 1.82) is 0 Å². The van der Waals surface area contributed by atoms with Gasteiger partial charge in [0.1, 0.15) is 0 Å². The maximum Gasteiger partial charge on any atom is 0.388 e. The van der Waals surface area contributed by atoms with Crippen LogP contribution in [0.4, 0.5) is 13.2 Å². The minimum atomic E-state index is -4.23. The summed E-state index contributed by atoms with van der Waals surface area (Å²) in [6.45, 7) is 4.40. The van der Waals surface area contributed by atoms with Crippen molar-refractivity contribution in [1.82, 2.24) is 0 Å². The van der Waals surface area contributed by atoms with Crippen LogP contribution in [0.2, 0.25) is 0 Å². The van der Waals surface area contributed by atoms with E-state index in [0.717, 1.165) is 6.42 Å². The van der Waals surface area contributed by atoms with Crippen LogP contribution < -0.4 is 0 Å². The zero-order valence-electron chi connectivity index (χ0n) is 9.06. The van der Waals surface area contributed by atoms with Crippen LogP contribution in [0, 0.1) is 0 Å². The van der Waals surface area contributed by atoms with E-state index in [4.69, 9.17) is 0 Å². The summed E-state index contributed by atoms with van der Waals surface area (Å²) in [6, 6.07) is -0.00599. The van der Waals surface area contributed by atoms with Crippen molar-refractivity contribution in [2.75, 3.05) is 6.54 Å². The van der Waals surface area contributed by atoms with Crippen LogP contribution in [0.5, 0.6) is 0 Å². The second kappa shape index (κ2) is 7.98. The number of alkyl halides is 3. The predicted octanol–water partition coefficient (Wildman–Crippen LogP) is 3.53. The Labute approximate surface area is 98.9 Å². The van der Waals surface area contributed by atoms with Gasteiger partial charge in [0.2, 0.25) is 0 Å². The molecule has 0 heterocycles. The largest absolute Gasteiger partial charge is 0.466 e. The summed E-state index contributed by atoms with van der Waals surface area (Å²) in [7, 11) is 0. The number of nitrogens with zero attached hydrogens (tertiary/aromatic N) is 2. The maximum atomic E-state index is 11.8. The minimum absolute atomic E-state index is 0. The van der Waals surface area contributed by atoms with Gasteiger partial charge in [-0.05, 0) is 12.5 Å². The first-order valence-electron chi connectivity index (χ1n) is 4.66. The predicted molar refractivity (Wildman–Crippen MR) is 51.8 cm³/mol. The molecule has 0 saturated heterocycles. The van der Waals surface area contributed by atoms with E-state index in [1.807, 2.05) is 20.8 Å². The molecule has 0 N–H and O–H groups in total. The molecule has 0 saturated carbocycles. The zero-order valence-corrected chi connectivity index (χ0v) is 10.1. The molecule has 0 aliphatic heterocycles. The summed E-state index contributed by atoms with van der Waals surface area (Å²) in [4.78, 5) is 4.02. The van der Waals surface area contributed by atoms with Crippen molar-refractivity contribution < 1.29 is 30.0 Å². The third kappa shape index (κ3) is 11.7. The Morgan fingerprint density at radius 2 is 1.87 bits per heavy atom. The first kappa shape index (κ1) is 17.2. The molecule has 0 aliphatic rings. The normalized spacial score (nSPS) is 12.6. The van der Waals surface area contributed by atoms with Crippen LogP contribution in [0.1, 0.15) is 33.6 Å². The van der Waals surface area contributed by atoms with E-state index in [0.29, 0.717) is 12.3 Å². The molecular weight excluding hydrogens is 252 g/mol. The molecule has 0 amide bonds. The van der Waals surface area contributed by atoms with Crippen molar-refractivity contribution in [2.24, 2.45) is 4.99 Å². The molecule has 2 nitrogen and oxygen atoms in total. The number of rotatable bonds is 4. The monoisotopic (exact) mass is 268 g/mol. The number of aliphatic imine (C=N–C) groups is 1. The van der Waals surface area contributed by atoms with Gasteiger partial charge in [-0.25, -0.2) is 0 Å². The van der Waals surface area contributed by atoms with E-state index in [1.54, 1.807) is 0 Å². The molecule has 0 aliphatic carbocycles. The topological polar surface area (TPSA) is 26.5 Å². The number of hydrogen-bond donors (Lipinski definition) is 0. The first-order valence-corrected chi connectivity index (χ1v) is 4.66. The maximum absolute atomic E-state index is 11.8. The molecule has 1 radical (unpaired) electrons. The number of halogens is 3. The molecule has 0 rings (SSSR count). The van der Waals surface area contributed by atoms with Crippen LogP contribution >= 0.6 is 0 Å². The molecule has 93 valence electrons. The molecular formula is C9H16CoF3N2-.